The molecule has 1 fully saturated rings. The number of benzene rings is 1. The minimum atomic E-state index is 0. The molecular weight excluding hydrogens is 379 g/mol. The highest BCUT2D eigenvalue weighted by molar-refractivity contribution is 14.0. The second-order valence-corrected chi connectivity index (χ2v) is 4.68. The fourth-order valence-corrected chi connectivity index (χ4v) is 2.39. The lowest BCUT2D eigenvalue weighted by Gasteiger charge is -2.37. The first-order chi connectivity index (χ1) is 9.76. The maximum absolute atomic E-state index is 9.90. The van der Waals surface area contributed by atoms with Crippen molar-refractivity contribution in [1.29, 1.82) is 0 Å². The monoisotopic (exact) mass is 402 g/mol. The van der Waals surface area contributed by atoms with Crippen molar-refractivity contribution in [1.82, 2.24) is 10.2 Å². The molecule has 1 aromatic rings. The lowest BCUT2D eigenvalue weighted by Crippen LogP contribution is -2.52. The molecule has 1 saturated heterocycles. The molecule has 1 aliphatic rings. The standard InChI is InChI=1S/C15H22N4O.HI/c1-3-8-17-15(16-2)19-11-9-18(10-12-19)13-6-4-5-7-14(13)20;/h3-7,20H,1,8-12H2,2H3,(H,16,17);1H. The van der Waals surface area contributed by atoms with E-state index in [4.69, 9.17) is 0 Å². The average Bonchev–Trinajstić information content (AvgIpc) is 2.49. The molecule has 2 N–H and O–H groups in total. The summed E-state index contributed by atoms with van der Waals surface area (Å²) < 4.78 is 0. The van der Waals surface area contributed by atoms with E-state index in [0.717, 1.165) is 37.8 Å². The van der Waals surface area contributed by atoms with Gasteiger partial charge in [-0.25, -0.2) is 0 Å². The van der Waals surface area contributed by atoms with Crippen LogP contribution in [0.25, 0.3) is 0 Å². The molecule has 116 valence electrons. The number of nitrogens with one attached hydrogen (secondary N) is 1. The predicted octanol–water partition coefficient (Wildman–Crippen LogP) is 1.89. The quantitative estimate of drug-likeness (QED) is 0.351. The van der Waals surface area contributed by atoms with Gasteiger partial charge >= 0.3 is 0 Å². The molecule has 5 nitrogen and oxygen atoms in total. The van der Waals surface area contributed by atoms with Crippen molar-refractivity contribution >= 4 is 35.6 Å². The van der Waals surface area contributed by atoms with E-state index in [1.165, 1.54) is 0 Å². The van der Waals surface area contributed by atoms with Gasteiger partial charge in [-0.1, -0.05) is 18.2 Å². The molecule has 0 bridgehead atoms. The lowest BCUT2D eigenvalue weighted by molar-refractivity contribution is 0.371. The molecule has 1 heterocycles. The Kier molecular flexibility index (Phi) is 7.35. The van der Waals surface area contributed by atoms with Crippen molar-refractivity contribution < 1.29 is 5.11 Å². The molecule has 0 aromatic heterocycles. The molecule has 6 heteroatoms. The van der Waals surface area contributed by atoms with Crippen LogP contribution in [-0.2, 0) is 0 Å². The van der Waals surface area contributed by atoms with Gasteiger partial charge in [-0.05, 0) is 12.1 Å². The number of aromatic hydroxyl groups is 1. The molecule has 0 spiro atoms. The summed E-state index contributed by atoms with van der Waals surface area (Å²) in [6.07, 6.45) is 1.82. The average molecular weight is 402 g/mol. The Bertz CT molecular complexity index is 484. The summed E-state index contributed by atoms with van der Waals surface area (Å²) in [5, 5.41) is 13.1. The van der Waals surface area contributed by atoms with E-state index < -0.39 is 0 Å². The van der Waals surface area contributed by atoms with Gasteiger partial charge in [-0.3, -0.25) is 4.99 Å². The molecule has 0 amide bonds. The molecule has 0 saturated carbocycles. The second kappa shape index (κ2) is 8.76. The lowest BCUT2D eigenvalue weighted by atomic mass is 10.2. The first-order valence-corrected chi connectivity index (χ1v) is 6.85. The van der Waals surface area contributed by atoms with E-state index >= 15 is 0 Å². The number of hydrogen-bond donors (Lipinski definition) is 2. The number of phenolic OH excluding ortho intramolecular Hbond substituents is 1. The number of nitrogens with zero attached hydrogens (tertiary/aromatic N) is 3. The second-order valence-electron chi connectivity index (χ2n) is 4.68. The summed E-state index contributed by atoms with van der Waals surface area (Å²) in [5.74, 6) is 1.25. The van der Waals surface area contributed by atoms with Crippen LogP contribution in [0.2, 0.25) is 0 Å². The zero-order valence-electron chi connectivity index (χ0n) is 12.3. The van der Waals surface area contributed by atoms with Gasteiger partial charge in [-0.15, -0.1) is 30.6 Å². The van der Waals surface area contributed by atoms with E-state index in [0.29, 0.717) is 12.3 Å². The summed E-state index contributed by atoms with van der Waals surface area (Å²) >= 11 is 0. The predicted molar refractivity (Wildman–Crippen MR) is 98.9 cm³/mol. The highest BCUT2D eigenvalue weighted by Crippen LogP contribution is 2.27. The Morgan fingerprint density at radius 3 is 2.57 bits per heavy atom. The first kappa shape index (κ1) is 17.6. The zero-order chi connectivity index (χ0) is 14.4. The van der Waals surface area contributed by atoms with E-state index in [-0.39, 0.29) is 24.0 Å². The Balaban J connectivity index is 0.00000220. The van der Waals surface area contributed by atoms with Crippen LogP contribution in [-0.4, -0.2) is 55.7 Å². The van der Waals surface area contributed by atoms with Crippen LogP contribution in [0.15, 0.2) is 41.9 Å². The molecule has 0 unspecified atom stereocenters. The number of piperazine rings is 1. The third kappa shape index (κ3) is 4.52. The van der Waals surface area contributed by atoms with Crippen LogP contribution in [0.4, 0.5) is 5.69 Å². The van der Waals surface area contributed by atoms with Crippen molar-refractivity contribution in [2.24, 2.45) is 4.99 Å². The maximum Gasteiger partial charge on any atom is 0.194 e. The molecular formula is C15H23IN4O. The molecule has 0 atom stereocenters. The normalized spacial score (nSPS) is 15.4. The van der Waals surface area contributed by atoms with Gasteiger partial charge in [-0.2, -0.15) is 0 Å². The number of phenols is 1. The summed E-state index contributed by atoms with van der Waals surface area (Å²) in [7, 11) is 1.79. The van der Waals surface area contributed by atoms with E-state index in [1.54, 1.807) is 13.1 Å². The minimum Gasteiger partial charge on any atom is -0.506 e. The third-order valence-corrected chi connectivity index (χ3v) is 3.42. The number of halogens is 1. The van der Waals surface area contributed by atoms with Crippen LogP contribution in [0.1, 0.15) is 0 Å². The highest BCUT2D eigenvalue weighted by atomic mass is 127. The third-order valence-electron chi connectivity index (χ3n) is 3.42. The van der Waals surface area contributed by atoms with Crippen LogP contribution in [0, 0.1) is 0 Å². The number of anilines is 1. The summed E-state index contributed by atoms with van der Waals surface area (Å²) in [6.45, 7) is 7.91. The fraction of sp³-hybridized carbons (Fsp3) is 0.400. The molecule has 1 aliphatic heterocycles. The number of aliphatic imine (C=N–C) groups is 1. The topological polar surface area (TPSA) is 51.1 Å². The molecule has 1 aromatic carbocycles. The van der Waals surface area contributed by atoms with Gasteiger partial charge in [0.05, 0.1) is 5.69 Å². The Morgan fingerprint density at radius 1 is 1.33 bits per heavy atom. The van der Waals surface area contributed by atoms with Crippen molar-refractivity contribution in [2.45, 2.75) is 0 Å². The SMILES string of the molecule is C=CCNC(=NC)N1CCN(c2ccccc2O)CC1.I. The van der Waals surface area contributed by atoms with Crippen LogP contribution < -0.4 is 10.2 Å². The van der Waals surface area contributed by atoms with Crippen LogP contribution in [0.5, 0.6) is 5.75 Å². The van der Waals surface area contributed by atoms with Crippen molar-refractivity contribution in [3.05, 3.63) is 36.9 Å². The van der Waals surface area contributed by atoms with Gasteiger partial charge in [0.2, 0.25) is 0 Å². The van der Waals surface area contributed by atoms with E-state index in [9.17, 15) is 5.11 Å². The van der Waals surface area contributed by atoms with Crippen molar-refractivity contribution in [3.8, 4) is 5.75 Å². The molecule has 0 radical (unpaired) electrons. The van der Waals surface area contributed by atoms with Crippen LogP contribution in [0.3, 0.4) is 0 Å². The van der Waals surface area contributed by atoms with Gasteiger partial charge < -0.3 is 20.2 Å². The Morgan fingerprint density at radius 2 is 2.00 bits per heavy atom. The number of para-hydroxylation sites is 2. The van der Waals surface area contributed by atoms with Crippen LogP contribution >= 0.6 is 24.0 Å². The summed E-state index contributed by atoms with van der Waals surface area (Å²) in [4.78, 5) is 8.70. The maximum atomic E-state index is 9.90. The Hall–Kier alpha value is -1.44. The summed E-state index contributed by atoms with van der Waals surface area (Å²) in [6, 6.07) is 7.48. The molecule has 21 heavy (non-hydrogen) atoms. The fourth-order valence-electron chi connectivity index (χ4n) is 2.39. The number of guanidine groups is 1. The van der Waals surface area contributed by atoms with E-state index in [1.807, 2.05) is 24.3 Å². The van der Waals surface area contributed by atoms with Gasteiger partial charge in [0.15, 0.2) is 5.96 Å². The van der Waals surface area contributed by atoms with Crippen molar-refractivity contribution in [2.75, 3.05) is 44.7 Å². The zero-order valence-corrected chi connectivity index (χ0v) is 14.7. The van der Waals surface area contributed by atoms with Gasteiger partial charge in [0.25, 0.3) is 0 Å². The largest absolute Gasteiger partial charge is 0.506 e. The highest BCUT2D eigenvalue weighted by Gasteiger charge is 2.20. The summed E-state index contributed by atoms with van der Waals surface area (Å²) in [5.41, 5.74) is 0.904. The molecule has 2 rings (SSSR count). The Labute approximate surface area is 143 Å². The molecule has 0 aliphatic carbocycles. The minimum absolute atomic E-state index is 0. The van der Waals surface area contributed by atoms with Gasteiger partial charge in [0, 0.05) is 39.8 Å². The van der Waals surface area contributed by atoms with E-state index in [2.05, 4.69) is 26.7 Å². The van der Waals surface area contributed by atoms with Gasteiger partial charge in [0.1, 0.15) is 5.75 Å². The van der Waals surface area contributed by atoms with Crippen molar-refractivity contribution in [3.63, 3.8) is 0 Å². The smallest absolute Gasteiger partial charge is 0.194 e. The number of rotatable bonds is 3. The number of hydrogen-bond acceptors (Lipinski definition) is 3. The first-order valence-electron chi connectivity index (χ1n) is 6.85.